The molecule has 1 aromatic rings. The fraction of sp³-hybridized carbons (Fsp3) is 0.615. The van der Waals surface area contributed by atoms with Crippen LogP contribution in [-0.2, 0) is 11.3 Å². The van der Waals surface area contributed by atoms with Crippen molar-refractivity contribution in [3.8, 4) is 0 Å². The van der Waals surface area contributed by atoms with Crippen molar-refractivity contribution >= 4 is 5.91 Å². The highest BCUT2D eigenvalue weighted by atomic mass is 16.3. The van der Waals surface area contributed by atoms with Crippen LogP contribution < -0.4 is 5.73 Å². The summed E-state index contributed by atoms with van der Waals surface area (Å²) < 4.78 is 5.25. The molecule has 1 atom stereocenters. The van der Waals surface area contributed by atoms with E-state index < -0.39 is 0 Å². The molecule has 0 aliphatic heterocycles. The van der Waals surface area contributed by atoms with E-state index in [0.717, 1.165) is 12.2 Å². The van der Waals surface area contributed by atoms with E-state index in [-0.39, 0.29) is 5.91 Å². The van der Waals surface area contributed by atoms with Crippen LogP contribution in [0.3, 0.4) is 0 Å². The molecule has 0 fully saturated rings. The highest BCUT2D eigenvalue weighted by Crippen LogP contribution is 2.10. The molecule has 0 aliphatic rings. The molecule has 0 bridgehead atoms. The SMILES string of the molecule is CCN(Cc1ccco1)C(=O)CCC(C)CN. The Morgan fingerprint density at radius 1 is 1.59 bits per heavy atom. The fourth-order valence-electron chi connectivity index (χ4n) is 1.61. The summed E-state index contributed by atoms with van der Waals surface area (Å²) in [5, 5.41) is 0. The van der Waals surface area contributed by atoms with Gasteiger partial charge in [0.2, 0.25) is 5.91 Å². The van der Waals surface area contributed by atoms with Gasteiger partial charge >= 0.3 is 0 Å². The second kappa shape index (κ2) is 7.12. The van der Waals surface area contributed by atoms with Crippen LogP contribution in [-0.4, -0.2) is 23.9 Å². The van der Waals surface area contributed by atoms with Crippen molar-refractivity contribution in [3.63, 3.8) is 0 Å². The molecule has 0 spiro atoms. The van der Waals surface area contributed by atoms with Gasteiger partial charge in [0.15, 0.2) is 0 Å². The predicted molar refractivity (Wildman–Crippen MR) is 67.3 cm³/mol. The molecule has 0 saturated carbocycles. The van der Waals surface area contributed by atoms with E-state index in [1.54, 1.807) is 6.26 Å². The Bertz CT molecular complexity index is 322. The van der Waals surface area contributed by atoms with Gasteiger partial charge in [0.05, 0.1) is 12.8 Å². The van der Waals surface area contributed by atoms with Gasteiger partial charge in [0.1, 0.15) is 5.76 Å². The Kier molecular flexibility index (Phi) is 5.77. The first-order valence-electron chi connectivity index (χ1n) is 6.17. The molecule has 1 rings (SSSR count). The minimum Gasteiger partial charge on any atom is -0.467 e. The van der Waals surface area contributed by atoms with E-state index in [9.17, 15) is 4.79 Å². The van der Waals surface area contributed by atoms with Crippen LogP contribution in [0.5, 0.6) is 0 Å². The Morgan fingerprint density at radius 3 is 2.88 bits per heavy atom. The number of carbonyl (C=O) groups is 1. The molecule has 1 unspecified atom stereocenters. The normalized spacial score (nSPS) is 12.4. The van der Waals surface area contributed by atoms with Crippen LogP contribution >= 0.6 is 0 Å². The Balaban J connectivity index is 2.41. The summed E-state index contributed by atoms with van der Waals surface area (Å²) in [4.78, 5) is 13.8. The number of nitrogens with zero attached hydrogens (tertiary/aromatic N) is 1. The summed E-state index contributed by atoms with van der Waals surface area (Å²) in [6, 6.07) is 3.72. The maximum atomic E-state index is 12.0. The second-order valence-corrected chi connectivity index (χ2v) is 4.37. The largest absolute Gasteiger partial charge is 0.467 e. The van der Waals surface area contributed by atoms with E-state index in [1.165, 1.54) is 0 Å². The lowest BCUT2D eigenvalue weighted by molar-refractivity contribution is -0.132. The highest BCUT2D eigenvalue weighted by molar-refractivity contribution is 5.76. The molecular formula is C13H22N2O2. The number of carbonyl (C=O) groups excluding carboxylic acids is 1. The molecule has 1 amide bonds. The summed E-state index contributed by atoms with van der Waals surface area (Å²) in [7, 11) is 0. The van der Waals surface area contributed by atoms with E-state index in [4.69, 9.17) is 10.2 Å². The molecule has 2 N–H and O–H groups in total. The number of furan rings is 1. The van der Waals surface area contributed by atoms with Gasteiger partial charge in [-0.3, -0.25) is 4.79 Å². The van der Waals surface area contributed by atoms with Crippen molar-refractivity contribution in [3.05, 3.63) is 24.2 Å². The summed E-state index contributed by atoms with van der Waals surface area (Å²) in [5.41, 5.74) is 5.54. The van der Waals surface area contributed by atoms with Crippen LogP contribution in [0, 0.1) is 5.92 Å². The smallest absolute Gasteiger partial charge is 0.222 e. The zero-order valence-electron chi connectivity index (χ0n) is 10.7. The third kappa shape index (κ3) is 4.61. The van der Waals surface area contributed by atoms with Gasteiger partial charge in [-0.25, -0.2) is 0 Å². The number of rotatable bonds is 7. The Morgan fingerprint density at radius 2 is 2.35 bits per heavy atom. The molecule has 96 valence electrons. The van der Waals surface area contributed by atoms with E-state index in [1.807, 2.05) is 24.0 Å². The van der Waals surface area contributed by atoms with Gasteiger partial charge in [-0.05, 0) is 37.9 Å². The van der Waals surface area contributed by atoms with Crippen molar-refractivity contribution < 1.29 is 9.21 Å². The second-order valence-electron chi connectivity index (χ2n) is 4.37. The zero-order valence-corrected chi connectivity index (χ0v) is 10.7. The van der Waals surface area contributed by atoms with Crippen molar-refractivity contribution in [2.75, 3.05) is 13.1 Å². The molecule has 0 aromatic carbocycles. The maximum absolute atomic E-state index is 12.0. The van der Waals surface area contributed by atoms with Crippen molar-refractivity contribution in [1.29, 1.82) is 0 Å². The first-order valence-corrected chi connectivity index (χ1v) is 6.17. The maximum Gasteiger partial charge on any atom is 0.222 e. The Hall–Kier alpha value is -1.29. The quantitative estimate of drug-likeness (QED) is 0.790. The average molecular weight is 238 g/mol. The summed E-state index contributed by atoms with van der Waals surface area (Å²) in [5.74, 6) is 1.40. The summed E-state index contributed by atoms with van der Waals surface area (Å²) >= 11 is 0. The van der Waals surface area contributed by atoms with Gasteiger partial charge in [-0.15, -0.1) is 0 Å². The van der Waals surface area contributed by atoms with Crippen molar-refractivity contribution in [1.82, 2.24) is 4.90 Å². The monoisotopic (exact) mass is 238 g/mol. The van der Waals surface area contributed by atoms with Gasteiger partial charge in [0, 0.05) is 13.0 Å². The molecule has 17 heavy (non-hydrogen) atoms. The first-order chi connectivity index (χ1) is 8.17. The van der Waals surface area contributed by atoms with Crippen LogP contribution in [0.25, 0.3) is 0 Å². The zero-order chi connectivity index (χ0) is 12.7. The van der Waals surface area contributed by atoms with Crippen LogP contribution in [0.15, 0.2) is 22.8 Å². The number of amides is 1. The molecule has 4 heteroatoms. The fourth-order valence-corrected chi connectivity index (χ4v) is 1.61. The summed E-state index contributed by atoms with van der Waals surface area (Å²) in [6.07, 6.45) is 3.04. The first kappa shape index (κ1) is 13.8. The minimum absolute atomic E-state index is 0.171. The third-order valence-electron chi connectivity index (χ3n) is 2.91. The third-order valence-corrected chi connectivity index (χ3v) is 2.91. The number of nitrogens with two attached hydrogens (primary N) is 1. The van der Waals surface area contributed by atoms with Gasteiger partial charge < -0.3 is 15.1 Å². The van der Waals surface area contributed by atoms with Crippen LogP contribution in [0.4, 0.5) is 0 Å². The minimum atomic E-state index is 0.171. The average Bonchev–Trinajstić information content (AvgIpc) is 2.85. The molecule has 4 nitrogen and oxygen atoms in total. The standard InChI is InChI=1S/C13H22N2O2/c1-3-15(10-12-5-4-8-17-12)13(16)7-6-11(2)9-14/h4-5,8,11H,3,6-7,9-10,14H2,1-2H3. The molecule has 0 saturated heterocycles. The lowest BCUT2D eigenvalue weighted by Crippen LogP contribution is -2.30. The molecule has 0 radical (unpaired) electrons. The topological polar surface area (TPSA) is 59.5 Å². The molecule has 0 aliphatic carbocycles. The van der Waals surface area contributed by atoms with E-state index in [0.29, 0.717) is 32.0 Å². The number of hydrogen-bond donors (Lipinski definition) is 1. The predicted octanol–water partition coefficient (Wildman–Crippen LogP) is 2.00. The molecule has 1 heterocycles. The van der Waals surface area contributed by atoms with E-state index >= 15 is 0 Å². The summed E-state index contributed by atoms with van der Waals surface area (Å²) in [6.45, 7) is 5.94. The van der Waals surface area contributed by atoms with Gasteiger partial charge in [0.25, 0.3) is 0 Å². The molecule has 1 aromatic heterocycles. The van der Waals surface area contributed by atoms with Crippen LogP contribution in [0.2, 0.25) is 0 Å². The van der Waals surface area contributed by atoms with Gasteiger partial charge in [-0.2, -0.15) is 0 Å². The Labute approximate surface area is 103 Å². The van der Waals surface area contributed by atoms with Crippen LogP contribution in [0.1, 0.15) is 32.4 Å². The lowest BCUT2D eigenvalue weighted by atomic mass is 10.1. The van der Waals surface area contributed by atoms with Crippen molar-refractivity contribution in [2.24, 2.45) is 11.7 Å². The van der Waals surface area contributed by atoms with Crippen molar-refractivity contribution in [2.45, 2.75) is 33.2 Å². The van der Waals surface area contributed by atoms with Gasteiger partial charge in [-0.1, -0.05) is 6.92 Å². The highest BCUT2D eigenvalue weighted by Gasteiger charge is 2.14. The number of hydrogen-bond acceptors (Lipinski definition) is 3. The van der Waals surface area contributed by atoms with E-state index in [2.05, 4.69) is 6.92 Å². The lowest BCUT2D eigenvalue weighted by Gasteiger charge is -2.20. The molecular weight excluding hydrogens is 216 g/mol.